The summed E-state index contributed by atoms with van der Waals surface area (Å²) in [5.41, 5.74) is 0. The molecular formula is C31H58NO8P. The first-order valence-corrected chi connectivity index (χ1v) is 17.3. The average Bonchev–Trinajstić information content (AvgIpc) is 2.95. The van der Waals surface area contributed by atoms with Gasteiger partial charge in [-0.15, -0.1) is 0 Å². The van der Waals surface area contributed by atoms with Crippen LogP contribution in [0, 0.1) is 0 Å². The zero-order valence-electron chi connectivity index (χ0n) is 25.7. The van der Waals surface area contributed by atoms with Gasteiger partial charge in [-0.2, -0.15) is 0 Å². The van der Waals surface area contributed by atoms with Crippen molar-refractivity contribution in [3.63, 3.8) is 0 Å². The number of aliphatic hydroxyl groups is 1. The lowest BCUT2D eigenvalue weighted by atomic mass is 10.1. The van der Waals surface area contributed by atoms with Gasteiger partial charge in [0, 0.05) is 19.4 Å². The third kappa shape index (κ3) is 29.8. The smallest absolute Gasteiger partial charge is 0.463 e. The van der Waals surface area contributed by atoms with Gasteiger partial charge in [0.1, 0.15) is 12.7 Å². The maximum atomic E-state index is 11.9. The van der Waals surface area contributed by atoms with Crippen LogP contribution in [0.15, 0.2) is 24.3 Å². The number of hydrogen-bond acceptors (Lipinski definition) is 7. The Balaban J connectivity index is 3.67. The highest BCUT2D eigenvalue weighted by atomic mass is 31.2. The molecule has 1 amide bonds. The van der Waals surface area contributed by atoms with E-state index in [-0.39, 0.29) is 32.1 Å². The van der Waals surface area contributed by atoms with Gasteiger partial charge in [0.2, 0.25) is 5.91 Å². The minimum absolute atomic E-state index is 0.0749. The predicted molar refractivity (Wildman–Crippen MR) is 164 cm³/mol. The fraction of sp³-hybridized carbons (Fsp3) is 0.806. The van der Waals surface area contributed by atoms with Gasteiger partial charge in [-0.3, -0.25) is 18.6 Å². The van der Waals surface area contributed by atoms with E-state index in [9.17, 15) is 24.2 Å². The van der Waals surface area contributed by atoms with E-state index in [2.05, 4.69) is 43.5 Å². The Labute approximate surface area is 249 Å². The molecule has 240 valence electrons. The summed E-state index contributed by atoms with van der Waals surface area (Å²) in [4.78, 5) is 33.4. The van der Waals surface area contributed by atoms with Crippen LogP contribution in [0.1, 0.15) is 129 Å². The van der Waals surface area contributed by atoms with E-state index in [1.54, 1.807) is 0 Å². The molecule has 0 radical (unpaired) electrons. The maximum absolute atomic E-state index is 11.9. The SMILES string of the molecule is CCCC/C=C\C/C=C\CCCCCCCC(=O)NCCOP(=O)(O)OCC(O)COC(=O)CCCCCCCC. The molecule has 0 saturated heterocycles. The highest BCUT2D eigenvalue weighted by Gasteiger charge is 2.23. The number of nitrogens with one attached hydrogen (secondary N) is 1. The number of phosphoric ester groups is 1. The van der Waals surface area contributed by atoms with Crippen molar-refractivity contribution in [1.29, 1.82) is 0 Å². The number of ether oxygens (including phenoxy) is 1. The van der Waals surface area contributed by atoms with E-state index in [1.807, 2.05) is 0 Å². The molecule has 0 aliphatic heterocycles. The number of carbonyl (C=O) groups is 2. The molecule has 41 heavy (non-hydrogen) atoms. The second-order valence-corrected chi connectivity index (χ2v) is 11.9. The summed E-state index contributed by atoms with van der Waals surface area (Å²) in [6.45, 7) is 3.38. The van der Waals surface area contributed by atoms with E-state index < -0.39 is 26.5 Å². The number of allylic oxidation sites excluding steroid dienone is 4. The van der Waals surface area contributed by atoms with E-state index in [4.69, 9.17) is 13.8 Å². The van der Waals surface area contributed by atoms with Gasteiger partial charge in [0.15, 0.2) is 0 Å². The lowest BCUT2D eigenvalue weighted by molar-refractivity contribution is -0.147. The van der Waals surface area contributed by atoms with Crippen molar-refractivity contribution in [1.82, 2.24) is 5.32 Å². The topological polar surface area (TPSA) is 131 Å². The predicted octanol–water partition coefficient (Wildman–Crippen LogP) is 7.31. The van der Waals surface area contributed by atoms with E-state index >= 15 is 0 Å². The molecule has 0 saturated carbocycles. The van der Waals surface area contributed by atoms with Gasteiger partial charge in [0.05, 0.1) is 13.2 Å². The summed E-state index contributed by atoms with van der Waals surface area (Å²) in [6.07, 6.45) is 25.6. The molecule has 10 heteroatoms. The summed E-state index contributed by atoms with van der Waals surface area (Å²) >= 11 is 0. The zero-order valence-corrected chi connectivity index (χ0v) is 26.6. The van der Waals surface area contributed by atoms with Crippen molar-refractivity contribution in [3.05, 3.63) is 24.3 Å². The Morgan fingerprint density at radius 1 is 0.756 bits per heavy atom. The van der Waals surface area contributed by atoms with E-state index in [0.717, 1.165) is 70.6 Å². The van der Waals surface area contributed by atoms with Crippen LogP contribution in [0.3, 0.4) is 0 Å². The molecule has 2 atom stereocenters. The van der Waals surface area contributed by atoms with Crippen LogP contribution in [-0.2, 0) is 27.9 Å². The van der Waals surface area contributed by atoms with Crippen LogP contribution in [0.4, 0.5) is 0 Å². The molecule has 0 fully saturated rings. The number of hydrogen-bond donors (Lipinski definition) is 3. The molecular weight excluding hydrogens is 545 g/mol. The van der Waals surface area contributed by atoms with Crippen molar-refractivity contribution >= 4 is 19.7 Å². The summed E-state index contributed by atoms with van der Waals surface area (Å²) in [6, 6.07) is 0. The quantitative estimate of drug-likeness (QED) is 0.0351. The van der Waals surface area contributed by atoms with Gasteiger partial charge in [-0.05, 0) is 38.5 Å². The Morgan fingerprint density at radius 2 is 1.34 bits per heavy atom. The van der Waals surface area contributed by atoms with Crippen LogP contribution in [0.5, 0.6) is 0 Å². The molecule has 0 aliphatic carbocycles. The monoisotopic (exact) mass is 603 g/mol. The van der Waals surface area contributed by atoms with Gasteiger partial charge < -0.3 is 20.1 Å². The van der Waals surface area contributed by atoms with Crippen molar-refractivity contribution < 1.29 is 37.9 Å². The fourth-order valence-electron chi connectivity index (χ4n) is 3.92. The summed E-state index contributed by atoms with van der Waals surface area (Å²) in [5.74, 6) is -0.543. The molecule has 0 bridgehead atoms. The highest BCUT2D eigenvalue weighted by molar-refractivity contribution is 7.47. The van der Waals surface area contributed by atoms with Crippen molar-refractivity contribution in [2.24, 2.45) is 0 Å². The maximum Gasteiger partial charge on any atom is 0.472 e. The second kappa shape index (κ2) is 28.6. The van der Waals surface area contributed by atoms with Gasteiger partial charge in [-0.25, -0.2) is 4.57 Å². The molecule has 0 heterocycles. The standard InChI is InChI=1S/C31H58NO8P/c1-3-5-7-9-11-12-13-14-15-16-17-18-19-21-23-30(34)32-25-26-39-41(36,37)40-28-29(33)27-38-31(35)24-22-20-10-8-6-4-2/h9,11,13-14,29,33H,3-8,10,12,15-28H2,1-2H3,(H,32,34)(H,36,37)/b11-9-,14-13-. The first kappa shape index (κ1) is 39.5. The van der Waals surface area contributed by atoms with Crippen molar-refractivity contribution in [3.8, 4) is 0 Å². The molecule has 0 aliphatic rings. The Kier molecular flexibility index (Phi) is 27.5. The molecule has 0 aromatic rings. The number of rotatable bonds is 29. The molecule has 0 rings (SSSR count). The summed E-state index contributed by atoms with van der Waals surface area (Å²) in [5, 5.41) is 12.5. The Bertz CT molecular complexity index is 744. The van der Waals surface area contributed by atoms with Crippen molar-refractivity contribution in [2.75, 3.05) is 26.4 Å². The number of carbonyl (C=O) groups excluding carboxylic acids is 2. The highest BCUT2D eigenvalue weighted by Crippen LogP contribution is 2.42. The van der Waals surface area contributed by atoms with Gasteiger partial charge in [-0.1, -0.05) is 102 Å². The Morgan fingerprint density at radius 3 is 2.02 bits per heavy atom. The third-order valence-electron chi connectivity index (χ3n) is 6.38. The average molecular weight is 604 g/mol. The molecule has 2 unspecified atom stereocenters. The number of amides is 1. The molecule has 0 aromatic heterocycles. The first-order chi connectivity index (χ1) is 19.8. The largest absolute Gasteiger partial charge is 0.472 e. The van der Waals surface area contributed by atoms with Crippen LogP contribution < -0.4 is 5.32 Å². The molecule has 3 N–H and O–H groups in total. The van der Waals surface area contributed by atoms with Crippen LogP contribution in [0.25, 0.3) is 0 Å². The first-order valence-electron chi connectivity index (χ1n) is 15.8. The second-order valence-electron chi connectivity index (χ2n) is 10.4. The number of unbranched alkanes of at least 4 members (excludes halogenated alkanes) is 12. The summed E-state index contributed by atoms with van der Waals surface area (Å²) in [7, 11) is -4.40. The molecule has 0 spiro atoms. The lowest BCUT2D eigenvalue weighted by Crippen LogP contribution is -2.27. The normalized spacial score (nSPS) is 14.0. The minimum Gasteiger partial charge on any atom is -0.463 e. The van der Waals surface area contributed by atoms with Crippen LogP contribution in [0.2, 0.25) is 0 Å². The minimum atomic E-state index is -4.40. The molecule has 0 aromatic carbocycles. The zero-order chi connectivity index (χ0) is 30.4. The Hall–Kier alpha value is -1.51. The summed E-state index contributed by atoms with van der Waals surface area (Å²) < 4.78 is 26.5. The van der Waals surface area contributed by atoms with E-state index in [0.29, 0.717) is 6.42 Å². The number of esters is 1. The van der Waals surface area contributed by atoms with Crippen LogP contribution >= 0.6 is 7.82 Å². The third-order valence-corrected chi connectivity index (χ3v) is 7.37. The lowest BCUT2D eigenvalue weighted by Gasteiger charge is -2.15. The van der Waals surface area contributed by atoms with E-state index in [1.165, 1.54) is 32.1 Å². The van der Waals surface area contributed by atoms with Gasteiger partial charge in [0.25, 0.3) is 0 Å². The fourth-order valence-corrected chi connectivity index (χ4v) is 4.68. The van der Waals surface area contributed by atoms with Crippen LogP contribution in [-0.4, -0.2) is 54.3 Å². The number of aliphatic hydroxyl groups excluding tert-OH is 1. The molecule has 9 nitrogen and oxygen atoms in total. The van der Waals surface area contributed by atoms with Crippen molar-refractivity contribution in [2.45, 2.75) is 136 Å². The number of phosphoric acid groups is 1. The van der Waals surface area contributed by atoms with Gasteiger partial charge >= 0.3 is 13.8 Å².